The molecular weight excluding hydrogens is 452 g/mol. The SMILES string of the molecule is CCOc1cc(/C=c2\sc3nc(=O)c(Cc4ccc(C)cc4)c(C)n3c2=O)ccc1OC(C)=O. The molecule has 7 nitrogen and oxygen atoms in total. The summed E-state index contributed by atoms with van der Waals surface area (Å²) in [7, 11) is 0. The van der Waals surface area contributed by atoms with Crippen LogP contribution in [0.2, 0.25) is 0 Å². The van der Waals surface area contributed by atoms with Crippen LogP contribution in [0.5, 0.6) is 11.5 Å². The molecule has 2 aromatic carbocycles. The Kier molecular flexibility index (Phi) is 6.61. The number of carbonyl (C=O) groups is 1. The highest BCUT2D eigenvalue weighted by Crippen LogP contribution is 2.29. The van der Waals surface area contributed by atoms with Crippen LogP contribution in [0.3, 0.4) is 0 Å². The molecule has 4 rings (SSSR count). The van der Waals surface area contributed by atoms with Gasteiger partial charge in [-0.3, -0.25) is 18.8 Å². The van der Waals surface area contributed by atoms with E-state index in [0.29, 0.717) is 50.8 Å². The van der Waals surface area contributed by atoms with E-state index in [1.165, 1.54) is 11.3 Å². The van der Waals surface area contributed by atoms with Crippen LogP contribution in [-0.2, 0) is 11.2 Å². The lowest BCUT2D eigenvalue weighted by Crippen LogP contribution is -2.27. The first-order valence-electron chi connectivity index (χ1n) is 10.8. The first kappa shape index (κ1) is 23.4. The number of ether oxygens (including phenoxy) is 2. The zero-order valence-electron chi connectivity index (χ0n) is 19.4. The van der Waals surface area contributed by atoms with E-state index in [9.17, 15) is 14.4 Å². The monoisotopic (exact) mass is 476 g/mol. The topological polar surface area (TPSA) is 87.0 Å². The van der Waals surface area contributed by atoms with Gasteiger partial charge < -0.3 is 9.47 Å². The maximum Gasteiger partial charge on any atom is 0.308 e. The number of carbonyl (C=O) groups excluding carboxylic acids is 1. The number of thiazole rings is 1. The number of aromatic nitrogens is 2. The zero-order valence-corrected chi connectivity index (χ0v) is 20.2. The Labute approximate surface area is 199 Å². The summed E-state index contributed by atoms with van der Waals surface area (Å²) in [4.78, 5) is 41.9. The normalized spacial score (nSPS) is 11.7. The number of aryl methyl sites for hydroxylation is 2. The average Bonchev–Trinajstić information content (AvgIpc) is 3.09. The van der Waals surface area contributed by atoms with Crippen LogP contribution in [0, 0.1) is 13.8 Å². The van der Waals surface area contributed by atoms with Gasteiger partial charge in [-0.25, -0.2) is 0 Å². The maximum absolute atomic E-state index is 13.2. The second-order valence-electron chi connectivity index (χ2n) is 7.91. The second kappa shape index (κ2) is 9.61. The molecule has 0 saturated heterocycles. The van der Waals surface area contributed by atoms with Gasteiger partial charge in [0, 0.05) is 24.6 Å². The van der Waals surface area contributed by atoms with Gasteiger partial charge in [-0.2, -0.15) is 4.98 Å². The summed E-state index contributed by atoms with van der Waals surface area (Å²) in [6.07, 6.45) is 2.12. The molecule has 0 saturated carbocycles. The fourth-order valence-electron chi connectivity index (χ4n) is 3.68. The van der Waals surface area contributed by atoms with Gasteiger partial charge in [0.15, 0.2) is 11.5 Å². The lowest BCUT2D eigenvalue weighted by Gasteiger charge is -2.10. The number of nitrogens with zero attached hydrogens (tertiary/aromatic N) is 2. The minimum absolute atomic E-state index is 0.239. The van der Waals surface area contributed by atoms with Gasteiger partial charge in [0.2, 0.25) is 4.96 Å². The summed E-state index contributed by atoms with van der Waals surface area (Å²) in [5.41, 5.74) is 3.36. The van der Waals surface area contributed by atoms with Gasteiger partial charge in [-0.15, -0.1) is 0 Å². The number of hydrogen-bond acceptors (Lipinski definition) is 7. The van der Waals surface area contributed by atoms with E-state index in [1.54, 1.807) is 31.2 Å². The molecule has 0 aliphatic heterocycles. The molecule has 2 heterocycles. The van der Waals surface area contributed by atoms with Crippen LogP contribution in [0.15, 0.2) is 52.1 Å². The number of fused-ring (bicyclic) bond motifs is 1. The highest BCUT2D eigenvalue weighted by Gasteiger charge is 2.15. The third kappa shape index (κ3) is 4.77. The summed E-state index contributed by atoms with van der Waals surface area (Å²) in [5, 5.41) is 0. The Morgan fingerprint density at radius 3 is 2.50 bits per heavy atom. The molecule has 0 amide bonds. The Bertz CT molecular complexity index is 1550. The third-order valence-corrected chi connectivity index (χ3v) is 6.32. The minimum atomic E-state index is -0.447. The van der Waals surface area contributed by atoms with Gasteiger partial charge in [0.1, 0.15) is 0 Å². The summed E-state index contributed by atoms with van der Waals surface area (Å²) >= 11 is 1.16. The molecule has 0 radical (unpaired) electrons. The zero-order chi connectivity index (χ0) is 24.4. The van der Waals surface area contributed by atoms with Gasteiger partial charge in [0.25, 0.3) is 11.1 Å². The van der Waals surface area contributed by atoms with Crippen molar-refractivity contribution in [2.45, 2.75) is 34.1 Å². The molecule has 0 unspecified atom stereocenters. The van der Waals surface area contributed by atoms with Crippen LogP contribution in [0.25, 0.3) is 11.0 Å². The molecule has 0 spiro atoms. The van der Waals surface area contributed by atoms with E-state index < -0.39 is 5.97 Å². The largest absolute Gasteiger partial charge is 0.490 e. The molecule has 0 fully saturated rings. The summed E-state index contributed by atoms with van der Waals surface area (Å²) in [5.74, 6) is 0.273. The Hall–Kier alpha value is -3.78. The molecule has 0 aliphatic carbocycles. The van der Waals surface area contributed by atoms with Crippen LogP contribution in [0.1, 0.15) is 41.8 Å². The van der Waals surface area contributed by atoms with Gasteiger partial charge in [-0.05, 0) is 50.1 Å². The Morgan fingerprint density at radius 1 is 1.09 bits per heavy atom. The quantitative estimate of drug-likeness (QED) is 0.314. The van der Waals surface area contributed by atoms with Crippen molar-refractivity contribution in [2.75, 3.05) is 6.61 Å². The number of benzene rings is 2. The molecule has 34 heavy (non-hydrogen) atoms. The Morgan fingerprint density at radius 2 is 1.82 bits per heavy atom. The first-order chi connectivity index (χ1) is 16.3. The van der Waals surface area contributed by atoms with E-state index in [0.717, 1.165) is 22.5 Å². The van der Waals surface area contributed by atoms with Gasteiger partial charge >= 0.3 is 5.97 Å². The number of hydrogen-bond donors (Lipinski definition) is 0. The molecular formula is C26H24N2O5S. The van der Waals surface area contributed by atoms with Crippen molar-refractivity contribution in [3.8, 4) is 11.5 Å². The van der Waals surface area contributed by atoms with E-state index in [2.05, 4.69) is 4.98 Å². The van der Waals surface area contributed by atoms with Crippen molar-refractivity contribution >= 4 is 28.3 Å². The van der Waals surface area contributed by atoms with Crippen molar-refractivity contribution in [1.82, 2.24) is 9.38 Å². The van der Waals surface area contributed by atoms with Gasteiger partial charge in [0.05, 0.1) is 11.1 Å². The average molecular weight is 477 g/mol. The molecule has 174 valence electrons. The first-order valence-corrected chi connectivity index (χ1v) is 11.7. The molecule has 0 bridgehead atoms. The summed E-state index contributed by atoms with van der Waals surface area (Å²) < 4.78 is 12.7. The molecule has 8 heteroatoms. The van der Waals surface area contributed by atoms with Crippen LogP contribution >= 0.6 is 11.3 Å². The predicted molar refractivity (Wildman–Crippen MR) is 132 cm³/mol. The highest BCUT2D eigenvalue weighted by molar-refractivity contribution is 7.15. The smallest absolute Gasteiger partial charge is 0.308 e. The van der Waals surface area contributed by atoms with Gasteiger partial charge in [-0.1, -0.05) is 47.2 Å². The fourth-order valence-corrected chi connectivity index (χ4v) is 4.69. The molecule has 0 atom stereocenters. The van der Waals surface area contributed by atoms with Crippen LogP contribution in [-0.4, -0.2) is 22.0 Å². The fraction of sp³-hybridized carbons (Fsp3) is 0.231. The van der Waals surface area contributed by atoms with Crippen LogP contribution in [0.4, 0.5) is 0 Å². The molecule has 0 N–H and O–H groups in total. The van der Waals surface area contributed by atoms with E-state index in [-0.39, 0.29) is 11.1 Å². The van der Waals surface area contributed by atoms with Crippen molar-refractivity contribution < 1.29 is 14.3 Å². The third-order valence-electron chi connectivity index (χ3n) is 5.35. The molecule has 4 aromatic rings. The predicted octanol–water partition coefficient (Wildman–Crippen LogP) is 3.20. The van der Waals surface area contributed by atoms with Crippen molar-refractivity contribution in [1.29, 1.82) is 0 Å². The standard InChI is InChI=1S/C26H24N2O5S/c1-5-32-22-13-19(10-11-21(22)33-17(4)29)14-23-25(31)28-16(3)20(24(30)27-26(28)34-23)12-18-8-6-15(2)7-9-18/h6-11,13-14H,5,12H2,1-4H3/b23-14-. The molecule has 2 aromatic heterocycles. The van der Waals surface area contributed by atoms with E-state index >= 15 is 0 Å². The number of rotatable bonds is 6. The summed E-state index contributed by atoms with van der Waals surface area (Å²) in [6, 6.07) is 13.0. The molecule has 0 aliphatic rings. The second-order valence-corrected chi connectivity index (χ2v) is 8.92. The highest BCUT2D eigenvalue weighted by atomic mass is 32.1. The lowest BCUT2D eigenvalue weighted by atomic mass is 10.0. The van der Waals surface area contributed by atoms with E-state index in [1.807, 2.05) is 38.1 Å². The lowest BCUT2D eigenvalue weighted by molar-refractivity contribution is -0.132. The Balaban J connectivity index is 1.79. The van der Waals surface area contributed by atoms with Crippen LogP contribution < -0.4 is 25.1 Å². The number of esters is 1. The van der Waals surface area contributed by atoms with Crippen molar-refractivity contribution in [3.63, 3.8) is 0 Å². The van der Waals surface area contributed by atoms with E-state index in [4.69, 9.17) is 9.47 Å². The van der Waals surface area contributed by atoms with Crippen molar-refractivity contribution in [2.24, 2.45) is 0 Å². The summed E-state index contributed by atoms with van der Waals surface area (Å²) in [6.45, 7) is 7.32. The minimum Gasteiger partial charge on any atom is -0.490 e. The van der Waals surface area contributed by atoms with Crippen molar-refractivity contribution in [3.05, 3.63) is 95.7 Å². The maximum atomic E-state index is 13.2.